The second-order valence-corrected chi connectivity index (χ2v) is 7.24. The van der Waals surface area contributed by atoms with Gasteiger partial charge in [0.2, 0.25) is 5.91 Å². The van der Waals surface area contributed by atoms with Gasteiger partial charge < -0.3 is 14.5 Å². The zero-order chi connectivity index (χ0) is 17.8. The number of nitrogens with zero attached hydrogens (tertiary/aromatic N) is 2. The Balaban J connectivity index is 1.62. The first kappa shape index (κ1) is 17.8. The molecule has 0 aliphatic carbocycles. The average molecular weight is 403 g/mol. The number of benzene rings is 2. The maximum Gasteiger partial charge on any atom is 0.226 e. The molecule has 5 heteroatoms. The van der Waals surface area contributed by atoms with Crippen molar-refractivity contribution in [3.8, 4) is 5.75 Å². The molecular formula is C20H23BrN2O2. The molecule has 2 aromatic carbocycles. The van der Waals surface area contributed by atoms with Gasteiger partial charge in [0, 0.05) is 18.1 Å². The van der Waals surface area contributed by atoms with Gasteiger partial charge in [-0.05, 0) is 36.8 Å². The predicted molar refractivity (Wildman–Crippen MR) is 104 cm³/mol. The summed E-state index contributed by atoms with van der Waals surface area (Å²) < 4.78 is 7.13. The van der Waals surface area contributed by atoms with Gasteiger partial charge in [0.1, 0.15) is 11.9 Å². The van der Waals surface area contributed by atoms with Gasteiger partial charge in [-0.15, -0.1) is 0 Å². The molecule has 0 fully saturated rings. The zero-order valence-electron chi connectivity index (χ0n) is 14.6. The Morgan fingerprint density at radius 1 is 1.24 bits per heavy atom. The molecule has 1 amide bonds. The lowest BCUT2D eigenvalue weighted by atomic mass is 10.1. The van der Waals surface area contributed by atoms with Gasteiger partial charge in [-0.25, -0.2) is 0 Å². The first-order valence-electron chi connectivity index (χ1n) is 8.56. The van der Waals surface area contributed by atoms with Crippen molar-refractivity contribution in [2.75, 3.05) is 31.6 Å². The zero-order valence-corrected chi connectivity index (χ0v) is 16.2. The molecule has 0 spiro atoms. The SMILES string of the molecule is CCN1CC(CN(C)C(=O)Cc2ccc(Br)cc2)Oc2ccccc21. The second kappa shape index (κ2) is 7.91. The van der Waals surface area contributed by atoms with Crippen LogP contribution in [0.3, 0.4) is 0 Å². The summed E-state index contributed by atoms with van der Waals surface area (Å²) >= 11 is 3.42. The molecular weight excluding hydrogens is 380 g/mol. The van der Waals surface area contributed by atoms with Crippen molar-refractivity contribution in [2.45, 2.75) is 19.4 Å². The summed E-state index contributed by atoms with van der Waals surface area (Å²) in [5.74, 6) is 1.00. The fourth-order valence-electron chi connectivity index (χ4n) is 3.09. The Bertz CT molecular complexity index is 733. The number of hydrogen-bond acceptors (Lipinski definition) is 3. The van der Waals surface area contributed by atoms with Gasteiger partial charge in [-0.3, -0.25) is 4.79 Å². The topological polar surface area (TPSA) is 32.8 Å². The van der Waals surface area contributed by atoms with Crippen LogP contribution in [-0.4, -0.2) is 43.6 Å². The number of hydrogen-bond donors (Lipinski definition) is 0. The second-order valence-electron chi connectivity index (χ2n) is 6.32. The van der Waals surface area contributed by atoms with Crippen molar-refractivity contribution in [1.82, 2.24) is 4.90 Å². The minimum atomic E-state index is -0.0197. The molecule has 0 saturated carbocycles. The molecule has 25 heavy (non-hydrogen) atoms. The van der Waals surface area contributed by atoms with Crippen LogP contribution >= 0.6 is 15.9 Å². The standard InChI is InChI=1S/C20H23BrN2O2/c1-3-23-14-17(25-19-7-5-4-6-18(19)23)13-22(2)20(24)12-15-8-10-16(21)11-9-15/h4-11,17H,3,12-14H2,1-2H3. The Labute approximate surface area is 157 Å². The summed E-state index contributed by atoms with van der Waals surface area (Å²) in [6, 6.07) is 16.0. The summed E-state index contributed by atoms with van der Waals surface area (Å²) in [7, 11) is 1.85. The molecule has 4 nitrogen and oxygen atoms in total. The number of carbonyl (C=O) groups is 1. The fourth-order valence-corrected chi connectivity index (χ4v) is 3.36. The minimum Gasteiger partial charge on any atom is -0.485 e. The molecule has 0 N–H and O–H groups in total. The van der Waals surface area contributed by atoms with Crippen molar-refractivity contribution in [1.29, 1.82) is 0 Å². The van der Waals surface area contributed by atoms with Crippen LogP contribution in [0, 0.1) is 0 Å². The van der Waals surface area contributed by atoms with Crippen LogP contribution in [0.2, 0.25) is 0 Å². The molecule has 0 bridgehead atoms. The van der Waals surface area contributed by atoms with Gasteiger partial charge in [0.05, 0.1) is 25.2 Å². The highest BCUT2D eigenvalue weighted by atomic mass is 79.9. The number of carbonyl (C=O) groups excluding carboxylic acids is 1. The number of para-hydroxylation sites is 2. The van der Waals surface area contributed by atoms with E-state index in [1.165, 1.54) is 0 Å². The third-order valence-corrected chi connectivity index (χ3v) is 5.01. The molecule has 1 unspecified atom stereocenters. The molecule has 0 saturated heterocycles. The third-order valence-electron chi connectivity index (χ3n) is 4.48. The van der Waals surface area contributed by atoms with E-state index in [2.05, 4.69) is 33.8 Å². The number of anilines is 1. The Kier molecular flexibility index (Phi) is 5.63. The third kappa shape index (κ3) is 4.34. The lowest BCUT2D eigenvalue weighted by molar-refractivity contribution is -0.130. The number of amides is 1. The fraction of sp³-hybridized carbons (Fsp3) is 0.350. The first-order chi connectivity index (χ1) is 12.1. The van der Waals surface area contributed by atoms with Crippen molar-refractivity contribution in [3.63, 3.8) is 0 Å². The summed E-state index contributed by atoms with van der Waals surface area (Å²) in [6.45, 7) is 4.44. The maximum atomic E-state index is 12.5. The predicted octanol–water partition coefficient (Wildman–Crippen LogP) is 3.74. The first-order valence-corrected chi connectivity index (χ1v) is 9.35. The molecule has 3 rings (SSSR count). The molecule has 132 valence electrons. The highest BCUT2D eigenvalue weighted by molar-refractivity contribution is 9.10. The van der Waals surface area contributed by atoms with E-state index in [1.807, 2.05) is 49.5 Å². The molecule has 1 heterocycles. The summed E-state index contributed by atoms with van der Waals surface area (Å²) in [6.07, 6.45) is 0.388. The van der Waals surface area contributed by atoms with Crippen LogP contribution in [0.5, 0.6) is 5.75 Å². The molecule has 0 aromatic heterocycles. The number of ether oxygens (including phenoxy) is 1. The number of rotatable bonds is 5. The van der Waals surface area contributed by atoms with E-state index in [-0.39, 0.29) is 12.0 Å². The van der Waals surface area contributed by atoms with E-state index < -0.39 is 0 Å². The summed E-state index contributed by atoms with van der Waals surface area (Å²) in [5, 5.41) is 0. The number of fused-ring (bicyclic) bond motifs is 1. The van der Waals surface area contributed by atoms with Crippen LogP contribution < -0.4 is 9.64 Å². The van der Waals surface area contributed by atoms with Crippen LogP contribution in [0.25, 0.3) is 0 Å². The quantitative estimate of drug-likeness (QED) is 0.763. The van der Waals surface area contributed by atoms with Crippen LogP contribution in [0.15, 0.2) is 53.0 Å². The Morgan fingerprint density at radius 3 is 2.68 bits per heavy atom. The molecule has 0 radical (unpaired) electrons. The van der Waals surface area contributed by atoms with Gasteiger partial charge in [0.15, 0.2) is 0 Å². The minimum absolute atomic E-state index is 0.0197. The molecule has 1 aliphatic rings. The Morgan fingerprint density at radius 2 is 1.96 bits per heavy atom. The summed E-state index contributed by atoms with van der Waals surface area (Å²) in [5.41, 5.74) is 2.15. The monoisotopic (exact) mass is 402 g/mol. The van der Waals surface area contributed by atoms with Crippen molar-refractivity contribution in [2.24, 2.45) is 0 Å². The van der Waals surface area contributed by atoms with E-state index in [9.17, 15) is 4.79 Å². The number of halogens is 1. The van der Waals surface area contributed by atoms with Crippen molar-refractivity contribution in [3.05, 3.63) is 58.6 Å². The van der Waals surface area contributed by atoms with E-state index >= 15 is 0 Å². The van der Waals surface area contributed by atoms with Crippen LogP contribution in [0.4, 0.5) is 5.69 Å². The molecule has 1 aliphatic heterocycles. The van der Waals surface area contributed by atoms with E-state index in [0.29, 0.717) is 13.0 Å². The summed E-state index contributed by atoms with van der Waals surface area (Å²) in [4.78, 5) is 16.6. The lowest BCUT2D eigenvalue weighted by Gasteiger charge is -2.37. The van der Waals surface area contributed by atoms with E-state index in [0.717, 1.165) is 34.6 Å². The average Bonchev–Trinajstić information content (AvgIpc) is 2.62. The van der Waals surface area contributed by atoms with Crippen molar-refractivity contribution >= 4 is 27.5 Å². The smallest absolute Gasteiger partial charge is 0.226 e. The van der Waals surface area contributed by atoms with Crippen molar-refractivity contribution < 1.29 is 9.53 Å². The lowest BCUT2D eigenvalue weighted by Crippen LogP contribution is -2.47. The number of likely N-dealkylation sites (N-methyl/N-ethyl adjacent to an activating group) is 2. The van der Waals surface area contributed by atoms with Gasteiger partial charge >= 0.3 is 0 Å². The van der Waals surface area contributed by atoms with Gasteiger partial charge in [-0.1, -0.05) is 40.2 Å². The maximum absolute atomic E-state index is 12.5. The Hall–Kier alpha value is -2.01. The van der Waals surface area contributed by atoms with Gasteiger partial charge in [-0.2, -0.15) is 0 Å². The van der Waals surface area contributed by atoms with Crippen LogP contribution in [0.1, 0.15) is 12.5 Å². The normalized spacial score (nSPS) is 16.1. The van der Waals surface area contributed by atoms with Crippen LogP contribution in [-0.2, 0) is 11.2 Å². The molecule has 2 aromatic rings. The van der Waals surface area contributed by atoms with Gasteiger partial charge in [0.25, 0.3) is 0 Å². The molecule has 1 atom stereocenters. The highest BCUT2D eigenvalue weighted by Gasteiger charge is 2.26. The highest BCUT2D eigenvalue weighted by Crippen LogP contribution is 2.32. The van der Waals surface area contributed by atoms with E-state index in [1.54, 1.807) is 4.90 Å². The van der Waals surface area contributed by atoms with E-state index in [4.69, 9.17) is 4.74 Å². The largest absolute Gasteiger partial charge is 0.485 e.